The van der Waals surface area contributed by atoms with E-state index in [0.29, 0.717) is 12.5 Å². The molecule has 0 spiro atoms. The summed E-state index contributed by atoms with van der Waals surface area (Å²) in [6.07, 6.45) is 6.46. The molecule has 3 heteroatoms. The van der Waals surface area contributed by atoms with Gasteiger partial charge in [-0.25, -0.2) is 0 Å². The number of likely N-dealkylation sites (tertiary alicyclic amines) is 1. The molecule has 1 heterocycles. The topological polar surface area (TPSA) is 32.3 Å². The number of nitrogens with zero attached hydrogens (tertiary/aromatic N) is 1. The Bertz CT molecular complexity index is 522. The molecule has 3 rings (SSSR count). The van der Waals surface area contributed by atoms with Gasteiger partial charge in [0.2, 0.25) is 5.91 Å². The van der Waals surface area contributed by atoms with Gasteiger partial charge in [0.15, 0.2) is 0 Å². The maximum absolute atomic E-state index is 12.4. The summed E-state index contributed by atoms with van der Waals surface area (Å²) in [6.45, 7) is 3.24. The predicted octanol–water partition coefficient (Wildman–Crippen LogP) is 2.97. The van der Waals surface area contributed by atoms with Gasteiger partial charge in [-0.05, 0) is 51.8 Å². The van der Waals surface area contributed by atoms with Gasteiger partial charge in [-0.3, -0.25) is 4.79 Å². The Hall–Kier alpha value is -1.35. The van der Waals surface area contributed by atoms with Crippen LogP contribution in [0, 0.1) is 6.92 Å². The zero-order valence-electron chi connectivity index (χ0n) is 13.2. The molecule has 3 nitrogen and oxygen atoms in total. The van der Waals surface area contributed by atoms with Crippen LogP contribution in [0.15, 0.2) is 24.3 Å². The first-order valence-corrected chi connectivity index (χ1v) is 8.17. The second-order valence-corrected chi connectivity index (χ2v) is 6.83. The number of carbonyl (C=O) groups excluding carboxylic acids is 1. The first-order valence-electron chi connectivity index (χ1n) is 8.17. The number of benzene rings is 1. The summed E-state index contributed by atoms with van der Waals surface area (Å²) in [5, 5.41) is 3.31. The Morgan fingerprint density at radius 1 is 1.38 bits per heavy atom. The molecule has 114 valence electrons. The molecule has 1 atom stereocenters. The first kappa shape index (κ1) is 14.6. The van der Waals surface area contributed by atoms with Crippen LogP contribution in [0.3, 0.4) is 0 Å². The van der Waals surface area contributed by atoms with Crippen LogP contribution in [-0.4, -0.2) is 30.4 Å². The number of carbonyl (C=O) groups is 1. The SMILES string of the molecule is Cc1cccc(C2(NC(=O)C[C@@H]3CCCCN3C)CC2)c1. The van der Waals surface area contributed by atoms with Crippen molar-refractivity contribution in [2.45, 2.75) is 57.0 Å². The van der Waals surface area contributed by atoms with Gasteiger partial charge in [0.25, 0.3) is 0 Å². The molecular weight excluding hydrogens is 260 g/mol. The maximum atomic E-state index is 12.4. The van der Waals surface area contributed by atoms with Gasteiger partial charge in [0, 0.05) is 12.5 Å². The minimum atomic E-state index is -0.0731. The lowest BCUT2D eigenvalue weighted by atomic mass is 9.98. The van der Waals surface area contributed by atoms with Crippen molar-refractivity contribution in [3.8, 4) is 0 Å². The Labute approximate surface area is 127 Å². The summed E-state index contributed by atoms with van der Waals surface area (Å²) in [5.41, 5.74) is 2.46. The van der Waals surface area contributed by atoms with Crippen LogP contribution in [0.2, 0.25) is 0 Å². The Morgan fingerprint density at radius 3 is 2.86 bits per heavy atom. The van der Waals surface area contributed by atoms with E-state index in [1.807, 2.05) is 0 Å². The van der Waals surface area contributed by atoms with Gasteiger partial charge in [-0.1, -0.05) is 36.2 Å². The molecule has 1 aromatic rings. The fraction of sp³-hybridized carbons (Fsp3) is 0.611. The van der Waals surface area contributed by atoms with E-state index in [1.54, 1.807) is 0 Å². The van der Waals surface area contributed by atoms with Gasteiger partial charge in [0.05, 0.1) is 5.54 Å². The minimum absolute atomic E-state index is 0.0731. The third kappa shape index (κ3) is 3.29. The number of hydrogen-bond donors (Lipinski definition) is 1. The molecule has 1 saturated heterocycles. The zero-order valence-corrected chi connectivity index (χ0v) is 13.2. The quantitative estimate of drug-likeness (QED) is 0.923. The van der Waals surface area contributed by atoms with E-state index in [2.05, 4.69) is 48.5 Å². The summed E-state index contributed by atoms with van der Waals surface area (Å²) < 4.78 is 0. The largest absolute Gasteiger partial charge is 0.347 e. The van der Waals surface area contributed by atoms with Crippen LogP contribution in [0.5, 0.6) is 0 Å². The van der Waals surface area contributed by atoms with E-state index in [9.17, 15) is 4.79 Å². The molecule has 0 aromatic heterocycles. The van der Waals surface area contributed by atoms with Crippen LogP contribution in [0.25, 0.3) is 0 Å². The number of rotatable bonds is 4. The summed E-state index contributed by atoms with van der Waals surface area (Å²) in [6, 6.07) is 8.98. The maximum Gasteiger partial charge on any atom is 0.222 e. The molecule has 2 aliphatic rings. The van der Waals surface area contributed by atoms with E-state index in [0.717, 1.165) is 25.8 Å². The lowest BCUT2D eigenvalue weighted by Crippen LogP contribution is -2.42. The minimum Gasteiger partial charge on any atom is -0.347 e. The van der Waals surface area contributed by atoms with Gasteiger partial charge < -0.3 is 10.2 Å². The fourth-order valence-electron chi connectivity index (χ4n) is 3.49. The molecule has 1 aliphatic heterocycles. The van der Waals surface area contributed by atoms with Crippen LogP contribution >= 0.6 is 0 Å². The van der Waals surface area contributed by atoms with Crippen molar-refractivity contribution in [2.24, 2.45) is 0 Å². The number of aryl methyl sites for hydroxylation is 1. The molecule has 1 saturated carbocycles. The highest BCUT2D eigenvalue weighted by Gasteiger charge is 2.45. The summed E-state index contributed by atoms with van der Waals surface area (Å²) in [5.74, 6) is 0.216. The van der Waals surface area contributed by atoms with Gasteiger partial charge in [-0.15, -0.1) is 0 Å². The molecular formula is C18H26N2O. The fourth-order valence-corrected chi connectivity index (χ4v) is 3.49. The second kappa shape index (κ2) is 5.80. The molecule has 21 heavy (non-hydrogen) atoms. The molecule has 2 fully saturated rings. The molecule has 1 aliphatic carbocycles. The zero-order chi connectivity index (χ0) is 14.9. The molecule has 0 unspecified atom stereocenters. The van der Waals surface area contributed by atoms with Crippen LogP contribution in [-0.2, 0) is 10.3 Å². The Kier molecular flexibility index (Phi) is 4.03. The number of piperidine rings is 1. The van der Waals surface area contributed by atoms with Crippen molar-refractivity contribution in [1.82, 2.24) is 10.2 Å². The van der Waals surface area contributed by atoms with Crippen LogP contribution < -0.4 is 5.32 Å². The van der Waals surface area contributed by atoms with Crippen molar-refractivity contribution >= 4 is 5.91 Å². The van der Waals surface area contributed by atoms with Gasteiger partial charge in [0.1, 0.15) is 0 Å². The molecule has 1 amide bonds. The number of amides is 1. The summed E-state index contributed by atoms with van der Waals surface area (Å²) >= 11 is 0. The van der Waals surface area contributed by atoms with E-state index in [-0.39, 0.29) is 11.4 Å². The van der Waals surface area contributed by atoms with Crippen molar-refractivity contribution in [1.29, 1.82) is 0 Å². The van der Waals surface area contributed by atoms with E-state index in [4.69, 9.17) is 0 Å². The van der Waals surface area contributed by atoms with Crippen LogP contribution in [0.4, 0.5) is 0 Å². The first-order chi connectivity index (χ1) is 10.1. The van der Waals surface area contributed by atoms with Gasteiger partial charge >= 0.3 is 0 Å². The Balaban J connectivity index is 1.62. The van der Waals surface area contributed by atoms with E-state index in [1.165, 1.54) is 24.0 Å². The van der Waals surface area contributed by atoms with E-state index >= 15 is 0 Å². The monoisotopic (exact) mass is 286 g/mol. The van der Waals surface area contributed by atoms with Crippen molar-refractivity contribution in [3.63, 3.8) is 0 Å². The van der Waals surface area contributed by atoms with Crippen molar-refractivity contribution in [3.05, 3.63) is 35.4 Å². The second-order valence-electron chi connectivity index (χ2n) is 6.83. The highest BCUT2D eigenvalue weighted by molar-refractivity contribution is 5.78. The third-order valence-corrected chi connectivity index (χ3v) is 5.04. The predicted molar refractivity (Wildman–Crippen MR) is 85.1 cm³/mol. The smallest absolute Gasteiger partial charge is 0.222 e. The summed E-state index contributed by atoms with van der Waals surface area (Å²) in [4.78, 5) is 14.8. The average Bonchev–Trinajstić information content (AvgIpc) is 3.22. The number of hydrogen-bond acceptors (Lipinski definition) is 2. The molecule has 0 radical (unpaired) electrons. The molecule has 1 N–H and O–H groups in total. The third-order valence-electron chi connectivity index (χ3n) is 5.04. The standard InChI is InChI=1S/C18H26N2O/c1-14-6-5-7-15(12-14)18(9-10-18)19-17(21)13-16-8-3-4-11-20(16)2/h5-7,12,16H,3-4,8-11,13H2,1-2H3,(H,19,21)/t16-/m0/s1. The highest BCUT2D eigenvalue weighted by Crippen LogP contribution is 2.45. The Morgan fingerprint density at radius 2 is 2.19 bits per heavy atom. The number of nitrogens with one attached hydrogen (secondary N) is 1. The lowest BCUT2D eigenvalue weighted by molar-refractivity contribution is -0.123. The van der Waals surface area contributed by atoms with Crippen molar-refractivity contribution in [2.75, 3.05) is 13.6 Å². The van der Waals surface area contributed by atoms with Crippen molar-refractivity contribution < 1.29 is 4.79 Å². The highest BCUT2D eigenvalue weighted by atomic mass is 16.1. The normalized spacial score (nSPS) is 24.6. The molecule has 0 bridgehead atoms. The van der Waals surface area contributed by atoms with E-state index < -0.39 is 0 Å². The van der Waals surface area contributed by atoms with Gasteiger partial charge in [-0.2, -0.15) is 0 Å². The average molecular weight is 286 g/mol. The lowest BCUT2D eigenvalue weighted by Gasteiger charge is -2.32. The molecule has 1 aromatic carbocycles. The summed E-state index contributed by atoms with van der Waals surface area (Å²) in [7, 11) is 2.14. The van der Waals surface area contributed by atoms with Crippen LogP contribution in [0.1, 0.15) is 49.7 Å².